The van der Waals surface area contributed by atoms with Crippen LogP contribution in [0.1, 0.15) is 42.1 Å². The van der Waals surface area contributed by atoms with E-state index in [1.54, 1.807) is 0 Å². The number of benzene rings is 1. The van der Waals surface area contributed by atoms with E-state index in [9.17, 15) is 9.59 Å². The number of piperidine rings is 1. The fourth-order valence-electron chi connectivity index (χ4n) is 4.45. The molecule has 0 radical (unpaired) electrons. The highest BCUT2D eigenvalue weighted by Gasteiger charge is 2.30. The first kappa shape index (κ1) is 22.1. The fourth-order valence-corrected chi connectivity index (χ4v) is 4.45. The zero-order chi connectivity index (χ0) is 22.8. The molecule has 6 nitrogen and oxygen atoms in total. The number of aromatic nitrogens is 2. The van der Waals surface area contributed by atoms with Crippen LogP contribution in [0.15, 0.2) is 36.5 Å². The summed E-state index contributed by atoms with van der Waals surface area (Å²) in [4.78, 5) is 32.3. The van der Waals surface area contributed by atoms with E-state index in [1.807, 2.05) is 41.5 Å². The highest BCUT2D eigenvalue weighted by atomic mass is 16.5. The molecule has 0 N–H and O–H groups in total. The lowest BCUT2D eigenvalue weighted by Crippen LogP contribution is -2.43. The van der Waals surface area contributed by atoms with Crippen LogP contribution in [0, 0.1) is 26.7 Å². The molecule has 1 atom stereocenters. The van der Waals surface area contributed by atoms with Gasteiger partial charge in [-0.1, -0.05) is 18.2 Å². The van der Waals surface area contributed by atoms with Crippen molar-refractivity contribution < 1.29 is 14.3 Å². The number of nitrogens with zero attached hydrogens (tertiary/aromatic N) is 3. The van der Waals surface area contributed by atoms with Crippen molar-refractivity contribution in [2.24, 2.45) is 5.92 Å². The number of fused-ring (bicyclic) bond motifs is 1. The van der Waals surface area contributed by atoms with Crippen LogP contribution < -0.4 is 0 Å². The molecule has 1 fully saturated rings. The Kier molecular flexibility index (Phi) is 6.31. The molecule has 6 heteroatoms. The number of hydrogen-bond acceptors (Lipinski definition) is 4. The second-order valence-corrected chi connectivity index (χ2v) is 8.70. The van der Waals surface area contributed by atoms with Gasteiger partial charge >= 0.3 is 5.97 Å². The summed E-state index contributed by atoms with van der Waals surface area (Å²) in [6, 6.07) is 10.3. The van der Waals surface area contributed by atoms with E-state index in [0.29, 0.717) is 19.7 Å². The molecule has 1 unspecified atom stereocenters. The van der Waals surface area contributed by atoms with Crippen LogP contribution in [0.25, 0.3) is 16.9 Å². The Hall–Kier alpha value is -3.15. The molecule has 3 aromatic rings. The first-order chi connectivity index (χ1) is 15.4. The van der Waals surface area contributed by atoms with Crippen molar-refractivity contribution in [3.05, 3.63) is 58.9 Å². The van der Waals surface area contributed by atoms with E-state index in [1.165, 1.54) is 11.1 Å². The molecule has 1 aliphatic heterocycles. The van der Waals surface area contributed by atoms with Crippen molar-refractivity contribution in [3.63, 3.8) is 0 Å². The standard InChI is InChI=1S/C26H31N3O3/c1-5-32-26(31)21-9-7-12-28(16-21)23(30)15-22-24(20-11-10-17(2)19(4)14-20)27-25-18(3)8-6-13-29(22)25/h6,8,10-11,13-14,21H,5,7,9,12,15-16H2,1-4H3. The Labute approximate surface area is 189 Å². The van der Waals surface area contributed by atoms with Crippen LogP contribution in [0.4, 0.5) is 0 Å². The first-order valence-corrected chi connectivity index (χ1v) is 11.4. The van der Waals surface area contributed by atoms with E-state index >= 15 is 0 Å². The summed E-state index contributed by atoms with van der Waals surface area (Å²) in [6.07, 6.45) is 3.79. The van der Waals surface area contributed by atoms with Gasteiger partial charge in [-0.2, -0.15) is 0 Å². The minimum Gasteiger partial charge on any atom is -0.466 e. The highest BCUT2D eigenvalue weighted by molar-refractivity contribution is 5.83. The van der Waals surface area contributed by atoms with Crippen LogP contribution in [0.2, 0.25) is 0 Å². The number of ether oxygens (including phenoxy) is 1. The maximum atomic E-state index is 13.4. The molecule has 0 saturated carbocycles. The molecule has 168 valence electrons. The lowest BCUT2D eigenvalue weighted by atomic mass is 9.97. The van der Waals surface area contributed by atoms with Gasteiger partial charge in [0.25, 0.3) is 0 Å². The molecule has 1 saturated heterocycles. The number of esters is 1. The number of aryl methyl sites for hydroxylation is 3. The number of likely N-dealkylation sites (tertiary alicyclic amines) is 1. The minimum atomic E-state index is -0.240. The zero-order valence-corrected chi connectivity index (χ0v) is 19.4. The van der Waals surface area contributed by atoms with Crippen molar-refractivity contribution in [2.45, 2.75) is 47.0 Å². The number of carbonyl (C=O) groups is 2. The Balaban J connectivity index is 1.67. The molecule has 1 aliphatic rings. The van der Waals surface area contributed by atoms with Gasteiger partial charge in [-0.15, -0.1) is 0 Å². The smallest absolute Gasteiger partial charge is 0.310 e. The molecule has 0 spiro atoms. The summed E-state index contributed by atoms with van der Waals surface area (Å²) in [5.74, 6) is -0.421. The lowest BCUT2D eigenvalue weighted by Gasteiger charge is -2.31. The minimum absolute atomic E-state index is 0.0207. The Bertz CT molecular complexity index is 1160. The fraction of sp³-hybridized carbons (Fsp3) is 0.423. The van der Waals surface area contributed by atoms with Crippen molar-refractivity contribution in [2.75, 3.05) is 19.7 Å². The summed E-state index contributed by atoms with van der Waals surface area (Å²) in [5, 5.41) is 0. The molecule has 1 amide bonds. The summed E-state index contributed by atoms with van der Waals surface area (Å²) >= 11 is 0. The SMILES string of the molecule is CCOC(=O)C1CCCN(C(=O)Cc2c(-c3ccc(C)c(C)c3)nc3c(C)cccn23)C1. The zero-order valence-electron chi connectivity index (χ0n) is 19.4. The molecular weight excluding hydrogens is 402 g/mol. The van der Waals surface area contributed by atoms with Crippen LogP contribution in [0.3, 0.4) is 0 Å². The second-order valence-electron chi connectivity index (χ2n) is 8.70. The van der Waals surface area contributed by atoms with Gasteiger partial charge in [0.2, 0.25) is 5.91 Å². The van der Waals surface area contributed by atoms with Gasteiger partial charge in [-0.3, -0.25) is 9.59 Å². The molecule has 0 bridgehead atoms. The van der Waals surface area contributed by atoms with E-state index < -0.39 is 0 Å². The summed E-state index contributed by atoms with van der Waals surface area (Å²) in [7, 11) is 0. The maximum absolute atomic E-state index is 13.4. The van der Waals surface area contributed by atoms with Gasteiger partial charge < -0.3 is 14.0 Å². The Morgan fingerprint density at radius 2 is 1.94 bits per heavy atom. The molecular formula is C26H31N3O3. The van der Waals surface area contributed by atoms with Crippen LogP contribution in [-0.4, -0.2) is 45.9 Å². The number of pyridine rings is 1. The quantitative estimate of drug-likeness (QED) is 0.564. The van der Waals surface area contributed by atoms with E-state index in [4.69, 9.17) is 9.72 Å². The first-order valence-electron chi connectivity index (χ1n) is 11.4. The van der Waals surface area contributed by atoms with Crippen LogP contribution >= 0.6 is 0 Å². The third-order valence-corrected chi connectivity index (χ3v) is 6.44. The number of imidazole rings is 1. The number of rotatable bonds is 5. The lowest BCUT2D eigenvalue weighted by molar-refractivity contribution is -0.151. The molecule has 0 aliphatic carbocycles. The summed E-state index contributed by atoms with van der Waals surface area (Å²) < 4.78 is 7.23. The summed E-state index contributed by atoms with van der Waals surface area (Å²) in [6.45, 7) is 9.48. The maximum Gasteiger partial charge on any atom is 0.310 e. The normalized spacial score (nSPS) is 16.4. The van der Waals surface area contributed by atoms with Gasteiger partial charge in [0.15, 0.2) is 0 Å². The summed E-state index contributed by atoms with van der Waals surface area (Å²) in [5.41, 5.74) is 7.10. The van der Waals surface area contributed by atoms with E-state index in [2.05, 4.69) is 32.0 Å². The van der Waals surface area contributed by atoms with Gasteiger partial charge in [0.1, 0.15) is 5.65 Å². The number of hydrogen-bond donors (Lipinski definition) is 0. The third-order valence-electron chi connectivity index (χ3n) is 6.44. The topological polar surface area (TPSA) is 63.9 Å². The van der Waals surface area contributed by atoms with E-state index in [-0.39, 0.29) is 24.2 Å². The molecule has 2 aromatic heterocycles. The highest BCUT2D eigenvalue weighted by Crippen LogP contribution is 2.29. The Morgan fingerprint density at radius 1 is 1.12 bits per heavy atom. The molecule has 1 aromatic carbocycles. The van der Waals surface area contributed by atoms with Gasteiger partial charge in [-0.25, -0.2) is 4.98 Å². The van der Waals surface area contributed by atoms with Crippen LogP contribution in [-0.2, 0) is 20.7 Å². The monoisotopic (exact) mass is 433 g/mol. The largest absolute Gasteiger partial charge is 0.466 e. The second kappa shape index (κ2) is 9.15. The van der Waals surface area contributed by atoms with Crippen molar-refractivity contribution in [1.29, 1.82) is 0 Å². The predicted molar refractivity (Wildman–Crippen MR) is 124 cm³/mol. The van der Waals surface area contributed by atoms with Crippen LogP contribution in [0.5, 0.6) is 0 Å². The Morgan fingerprint density at radius 3 is 2.69 bits per heavy atom. The van der Waals surface area contributed by atoms with Crippen molar-refractivity contribution in [3.8, 4) is 11.3 Å². The average molecular weight is 434 g/mol. The molecule has 4 rings (SSSR count). The molecule has 3 heterocycles. The number of carbonyl (C=O) groups excluding carboxylic acids is 2. The van der Waals surface area contributed by atoms with Crippen molar-refractivity contribution in [1.82, 2.24) is 14.3 Å². The molecule has 32 heavy (non-hydrogen) atoms. The van der Waals surface area contributed by atoms with Crippen molar-refractivity contribution >= 4 is 17.5 Å². The van der Waals surface area contributed by atoms with Gasteiger partial charge in [0, 0.05) is 24.8 Å². The van der Waals surface area contributed by atoms with E-state index in [0.717, 1.165) is 41.0 Å². The van der Waals surface area contributed by atoms with Gasteiger partial charge in [-0.05, 0) is 69.4 Å². The van der Waals surface area contributed by atoms with Gasteiger partial charge in [0.05, 0.1) is 30.3 Å². The number of amides is 1. The predicted octanol–water partition coefficient (Wildman–Crippen LogP) is 4.27. The third kappa shape index (κ3) is 4.27. The average Bonchev–Trinajstić information content (AvgIpc) is 3.15.